The van der Waals surface area contributed by atoms with Crippen LogP contribution in [0.25, 0.3) is 0 Å². The quantitative estimate of drug-likeness (QED) is 0.800. The third-order valence-corrected chi connectivity index (χ3v) is 2.86. The molecule has 0 aliphatic rings. The van der Waals surface area contributed by atoms with E-state index in [0.717, 1.165) is 18.2 Å². The first-order valence-corrected chi connectivity index (χ1v) is 6.02. The Kier molecular flexibility index (Phi) is 5.07. The lowest BCUT2D eigenvalue weighted by molar-refractivity contribution is -0.141. The van der Waals surface area contributed by atoms with Gasteiger partial charge in [-0.2, -0.15) is 26.3 Å². The molecule has 0 spiro atoms. The van der Waals surface area contributed by atoms with Gasteiger partial charge >= 0.3 is 12.4 Å². The van der Waals surface area contributed by atoms with E-state index in [-0.39, 0.29) is 11.1 Å². The fourth-order valence-electron chi connectivity index (χ4n) is 2.01. The molecule has 1 N–H and O–H groups in total. The molecule has 0 aromatic heterocycles. The van der Waals surface area contributed by atoms with E-state index < -0.39 is 30.4 Å². The standard InChI is InChI=1S/C13H15F6N/c1-3-20-11(7-12(14,15)16)10-5-4-9(6-8(10)2)13(17,18)19/h4-6,11,20H,3,7H2,1-2H3. The summed E-state index contributed by atoms with van der Waals surface area (Å²) in [6.07, 6.45) is -10.0. The molecule has 0 aliphatic heterocycles. The van der Waals surface area contributed by atoms with Crippen molar-refractivity contribution in [3.05, 3.63) is 34.9 Å². The first-order chi connectivity index (χ1) is 9.04. The van der Waals surface area contributed by atoms with Crippen molar-refractivity contribution in [2.45, 2.75) is 38.7 Å². The summed E-state index contributed by atoms with van der Waals surface area (Å²) >= 11 is 0. The second kappa shape index (κ2) is 6.03. The van der Waals surface area contributed by atoms with E-state index in [2.05, 4.69) is 5.32 Å². The van der Waals surface area contributed by atoms with Gasteiger partial charge in [-0.05, 0) is 36.7 Å². The maximum atomic E-state index is 12.5. The van der Waals surface area contributed by atoms with Crippen molar-refractivity contribution in [1.82, 2.24) is 5.32 Å². The smallest absolute Gasteiger partial charge is 0.310 e. The van der Waals surface area contributed by atoms with Crippen LogP contribution in [0.2, 0.25) is 0 Å². The van der Waals surface area contributed by atoms with Gasteiger partial charge in [0.15, 0.2) is 0 Å². The van der Waals surface area contributed by atoms with Crippen molar-refractivity contribution < 1.29 is 26.3 Å². The fraction of sp³-hybridized carbons (Fsp3) is 0.538. The summed E-state index contributed by atoms with van der Waals surface area (Å²) in [5.41, 5.74) is -0.437. The molecule has 114 valence electrons. The van der Waals surface area contributed by atoms with Crippen molar-refractivity contribution in [2.75, 3.05) is 6.54 Å². The summed E-state index contributed by atoms with van der Waals surface area (Å²) in [4.78, 5) is 0. The lowest BCUT2D eigenvalue weighted by atomic mass is 9.96. The Balaban J connectivity index is 3.09. The monoisotopic (exact) mass is 299 g/mol. The van der Waals surface area contributed by atoms with Gasteiger partial charge in [-0.15, -0.1) is 0 Å². The Labute approximate surface area is 113 Å². The number of benzene rings is 1. The van der Waals surface area contributed by atoms with Gasteiger partial charge in [0, 0.05) is 6.04 Å². The van der Waals surface area contributed by atoms with Crippen molar-refractivity contribution in [2.24, 2.45) is 0 Å². The molecule has 1 unspecified atom stereocenters. The Morgan fingerprint density at radius 2 is 1.70 bits per heavy atom. The van der Waals surface area contributed by atoms with Gasteiger partial charge < -0.3 is 5.32 Å². The van der Waals surface area contributed by atoms with Gasteiger partial charge in [-0.25, -0.2) is 0 Å². The molecule has 0 saturated carbocycles. The zero-order valence-corrected chi connectivity index (χ0v) is 11.0. The zero-order chi connectivity index (χ0) is 15.6. The molecule has 0 heterocycles. The van der Waals surface area contributed by atoms with Crippen molar-refractivity contribution in [3.63, 3.8) is 0 Å². The van der Waals surface area contributed by atoms with Crippen molar-refractivity contribution in [1.29, 1.82) is 0 Å². The molecule has 1 atom stereocenters. The minimum atomic E-state index is -4.50. The molecule has 0 saturated heterocycles. The number of hydrogen-bond donors (Lipinski definition) is 1. The SMILES string of the molecule is CCNC(CC(F)(F)F)c1ccc(C(F)(F)F)cc1C. The third-order valence-electron chi connectivity index (χ3n) is 2.86. The lowest BCUT2D eigenvalue weighted by Gasteiger charge is -2.22. The summed E-state index contributed by atoms with van der Waals surface area (Å²) in [7, 11) is 0. The van der Waals surface area contributed by atoms with Crippen LogP contribution in [0.15, 0.2) is 18.2 Å². The molecule has 1 rings (SSSR count). The normalized spacial score (nSPS) is 14.4. The summed E-state index contributed by atoms with van der Waals surface area (Å²) < 4.78 is 75.1. The summed E-state index contributed by atoms with van der Waals surface area (Å²) in [6, 6.07) is 1.75. The molecule has 1 aromatic rings. The first kappa shape index (κ1) is 16.8. The van der Waals surface area contributed by atoms with Crippen LogP contribution in [-0.4, -0.2) is 12.7 Å². The highest BCUT2D eigenvalue weighted by Crippen LogP contribution is 2.34. The van der Waals surface area contributed by atoms with Crippen LogP contribution in [0.1, 0.15) is 36.1 Å². The molecule has 0 aliphatic carbocycles. The van der Waals surface area contributed by atoms with Crippen LogP contribution in [0.4, 0.5) is 26.3 Å². The Hall–Kier alpha value is -1.24. The average molecular weight is 299 g/mol. The number of rotatable bonds is 4. The third kappa shape index (κ3) is 4.70. The predicted octanol–water partition coefficient (Wildman–Crippen LogP) is 4.62. The van der Waals surface area contributed by atoms with Gasteiger partial charge in [0.1, 0.15) is 0 Å². The second-order valence-electron chi connectivity index (χ2n) is 4.50. The maximum absolute atomic E-state index is 12.5. The Morgan fingerprint density at radius 3 is 2.10 bits per heavy atom. The van der Waals surface area contributed by atoms with Gasteiger partial charge in [-0.3, -0.25) is 0 Å². The molecule has 20 heavy (non-hydrogen) atoms. The van der Waals surface area contributed by atoms with E-state index in [9.17, 15) is 26.3 Å². The highest BCUT2D eigenvalue weighted by molar-refractivity contribution is 5.34. The molecule has 1 nitrogen and oxygen atoms in total. The first-order valence-electron chi connectivity index (χ1n) is 6.02. The van der Waals surface area contributed by atoms with Gasteiger partial charge in [-0.1, -0.05) is 13.0 Å². The van der Waals surface area contributed by atoms with E-state index in [4.69, 9.17) is 0 Å². The maximum Gasteiger partial charge on any atom is 0.416 e. The minimum absolute atomic E-state index is 0.190. The lowest BCUT2D eigenvalue weighted by Crippen LogP contribution is -2.27. The van der Waals surface area contributed by atoms with Crippen LogP contribution in [-0.2, 0) is 6.18 Å². The summed E-state index contributed by atoms with van der Waals surface area (Å²) in [6.45, 7) is 3.31. The van der Waals surface area contributed by atoms with E-state index in [0.29, 0.717) is 6.54 Å². The highest BCUT2D eigenvalue weighted by Gasteiger charge is 2.34. The Bertz CT molecular complexity index is 449. The molecule has 0 fully saturated rings. The van der Waals surface area contributed by atoms with Crippen LogP contribution >= 0.6 is 0 Å². The molecular formula is C13H15F6N. The Morgan fingerprint density at radius 1 is 1.10 bits per heavy atom. The topological polar surface area (TPSA) is 12.0 Å². The second-order valence-corrected chi connectivity index (χ2v) is 4.50. The van der Waals surface area contributed by atoms with Crippen molar-refractivity contribution >= 4 is 0 Å². The molecule has 0 amide bonds. The van der Waals surface area contributed by atoms with Crippen LogP contribution in [0, 0.1) is 6.92 Å². The fourth-order valence-corrected chi connectivity index (χ4v) is 2.01. The molecular weight excluding hydrogens is 284 g/mol. The molecule has 1 aromatic carbocycles. The molecule has 0 radical (unpaired) electrons. The van der Waals surface area contributed by atoms with E-state index in [1.54, 1.807) is 6.92 Å². The summed E-state index contributed by atoms with van der Waals surface area (Å²) in [5, 5.41) is 2.65. The van der Waals surface area contributed by atoms with Gasteiger partial charge in [0.2, 0.25) is 0 Å². The largest absolute Gasteiger partial charge is 0.416 e. The van der Waals surface area contributed by atoms with Gasteiger partial charge in [0.25, 0.3) is 0 Å². The number of aryl methyl sites for hydroxylation is 1. The number of hydrogen-bond acceptors (Lipinski definition) is 1. The van der Waals surface area contributed by atoms with Crippen LogP contribution in [0.3, 0.4) is 0 Å². The number of nitrogens with one attached hydrogen (secondary N) is 1. The van der Waals surface area contributed by atoms with E-state index in [1.807, 2.05) is 0 Å². The molecule has 7 heteroatoms. The van der Waals surface area contributed by atoms with Crippen LogP contribution < -0.4 is 5.32 Å². The average Bonchev–Trinajstić information content (AvgIpc) is 2.25. The zero-order valence-electron chi connectivity index (χ0n) is 11.0. The van der Waals surface area contributed by atoms with Crippen molar-refractivity contribution in [3.8, 4) is 0 Å². The van der Waals surface area contributed by atoms with E-state index in [1.165, 1.54) is 6.92 Å². The highest BCUT2D eigenvalue weighted by atomic mass is 19.4. The van der Waals surface area contributed by atoms with E-state index >= 15 is 0 Å². The van der Waals surface area contributed by atoms with Crippen LogP contribution in [0.5, 0.6) is 0 Å². The minimum Gasteiger partial charge on any atom is -0.310 e. The predicted molar refractivity (Wildman–Crippen MR) is 63.3 cm³/mol. The molecule has 0 bridgehead atoms. The number of alkyl halides is 6. The number of halogens is 6. The van der Waals surface area contributed by atoms with Gasteiger partial charge in [0.05, 0.1) is 12.0 Å². The summed E-state index contributed by atoms with van der Waals surface area (Å²) in [5.74, 6) is 0.